The van der Waals surface area contributed by atoms with Crippen molar-refractivity contribution in [1.29, 1.82) is 0 Å². The van der Waals surface area contributed by atoms with Crippen LogP contribution in [0.15, 0.2) is 17.3 Å². The average Bonchev–Trinajstić information content (AvgIpc) is 2.77. The summed E-state index contributed by atoms with van der Waals surface area (Å²) >= 11 is 5.53. The smallest absolute Gasteiger partial charge is 0.304 e. The molecule has 1 unspecified atom stereocenters. The molecule has 0 fully saturated rings. The summed E-state index contributed by atoms with van der Waals surface area (Å²) in [6.45, 7) is 4.10. The van der Waals surface area contributed by atoms with Gasteiger partial charge < -0.3 is 9.57 Å². The van der Waals surface area contributed by atoms with Gasteiger partial charge in [0.15, 0.2) is 5.04 Å². The second-order valence-electron chi connectivity index (χ2n) is 5.78. The van der Waals surface area contributed by atoms with Gasteiger partial charge in [0.2, 0.25) is 15.3 Å². The molecule has 10 heteroatoms. The molecule has 0 aliphatic carbocycles. The van der Waals surface area contributed by atoms with Crippen molar-refractivity contribution in [2.45, 2.75) is 38.2 Å². The number of oxime groups is 1. The van der Waals surface area contributed by atoms with E-state index in [0.717, 1.165) is 19.1 Å². The Kier molecular flexibility index (Phi) is 4.87. The van der Waals surface area contributed by atoms with Crippen molar-refractivity contribution in [3.05, 3.63) is 34.4 Å². The molecule has 0 saturated heterocycles. The number of benzene rings is 1. The normalized spacial score (nSPS) is 17.8. The molecule has 1 aromatic rings. The summed E-state index contributed by atoms with van der Waals surface area (Å²) in [7, 11) is -4.52. The Bertz CT molecular complexity index is 799. The fourth-order valence-electron chi connectivity index (χ4n) is 2.09. The lowest BCUT2D eigenvalue weighted by atomic mass is 10.1. The van der Waals surface area contributed by atoms with Crippen molar-refractivity contribution in [3.8, 4) is 0 Å². The summed E-state index contributed by atoms with van der Waals surface area (Å²) in [4.78, 5) is 16.2. The first-order valence-corrected chi connectivity index (χ1v) is 8.67. The number of hydrogen-bond donors (Lipinski definition) is 0. The fraction of sp³-hybridized carbons (Fsp3) is 0.429. The molecule has 0 saturated carbocycles. The molecule has 0 spiro atoms. The molecule has 0 N–H and O–H groups in total. The lowest BCUT2D eigenvalue weighted by Gasteiger charge is -2.19. The number of halogens is 3. The van der Waals surface area contributed by atoms with Crippen LogP contribution in [0.25, 0.3) is 0 Å². The molecule has 1 aliphatic heterocycles. The largest absolute Gasteiger partial charge is 0.440 e. The Balaban J connectivity index is 2.57. The molecule has 0 bridgehead atoms. The molecule has 132 valence electrons. The van der Waals surface area contributed by atoms with E-state index in [2.05, 4.69) is 5.16 Å². The monoisotopic (exact) mass is 381 g/mol. The molecular formula is C14H14ClF2NO5S. The topological polar surface area (TPSA) is 82.0 Å². The van der Waals surface area contributed by atoms with E-state index >= 15 is 0 Å². The fourth-order valence-corrected chi connectivity index (χ4v) is 4.01. The first-order valence-electron chi connectivity index (χ1n) is 6.74. The van der Waals surface area contributed by atoms with Gasteiger partial charge in [-0.25, -0.2) is 17.2 Å². The van der Waals surface area contributed by atoms with Gasteiger partial charge in [0, 0.05) is 18.4 Å². The van der Waals surface area contributed by atoms with Crippen molar-refractivity contribution in [3.63, 3.8) is 0 Å². The maximum atomic E-state index is 14.1. The second-order valence-corrected chi connectivity index (χ2v) is 8.21. The molecule has 24 heavy (non-hydrogen) atoms. The average molecular weight is 382 g/mol. The van der Waals surface area contributed by atoms with Gasteiger partial charge in [-0.2, -0.15) is 0 Å². The Hall–Kier alpha value is -1.74. The summed E-state index contributed by atoms with van der Waals surface area (Å²) in [5, 5.41) is 2.72. The van der Waals surface area contributed by atoms with Gasteiger partial charge in [-0.1, -0.05) is 16.8 Å². The van der Waals surface area contributed by atoms with Crippen LogP contribution in [0.2, 0.25) is 5.02 Å². The number of ether oxygens (including phenoxy) is 1. The van der Waals surface area contributed by atoms with Crippen molar-refractivity contribution in [2.24, 2.45) is 5.16 Å². The summed E-state index contributed by atoms with van der Waals surface area (Å²) in [5.74, 6) is -3.54. The number of carbonyl (C=O) groups is 1. The number of esters is 1. The third kappa shape index (κ3) is 3.67. The quantitative estimate of drug-likeness (QED) is 0.751. The first-order chi connectivity index (χ1) is 10.9. The SMILES string of the molecule is CC(=O)OC(c1c(F)cc(Cl)cc1F)S(=O)(=O)C1=NOC(C)(C)C1. The van der Waals surface area contributed by atoms with Crippen molar-refractivity contribution >= 4 is 32.5 Å². The summed E-state index contributed by atoms with van der Waals surface area (Å²) < 4.78 is 58.3. The molecule has 1 atom stereocenters. The minimum Gasteiger partial charge on any atom is -0.440 e. The van der Waals surface area contributed by atoms with Crippen molar-refractivity contribution < 1.29 is 31.6 Å². The highest BCUT2D eigenvalue weighted by atomic mass is 35.5. The highest BCUT2D eigenvalue weighted by Crippen LogP contribution is 2.35. The number of sulfone groups is 1. The third-order valence-electron chi connectivity index (χ3n) is 3.13. The van der Waals surface area contributed by atoms with Crippen LogP contribution in [0.5, 0.6) is 0 Å². The minimum absolute atomic E-state index is 0.135. The van der Waals surface area contributed by atoms with Crippen LogP contribution in [-0.2, 0) is 24.2 Å². The molecule has 0 aromatic heterocycles. The maximum Gasteiger partial charge on any atom is 0.304 e. The minimum atomic E-state index is -4.52. The van der Waals surface area contributed by atoms with Gasteiger partial charge in [-0.15, -0.1) is 0 Å². The molecule has 0 radical (unpaired) electrons. The standard InChI is InChI=1S/C14H14ClF2NO5S/c1-7(19)22-13(12-9(16)4-8(15)5-10(12)17)24(20,21)11-6-14(2,3)23-18-11/h4-5,13H,6H2,1-3H3. The van der Waals surface area contributed by atoms with E-state index in [0.29, 0.717) is 0 Å². The molecule has 1 aliphatic rings. The zero-order valence-electron chi connectivity index (χ0n) is 13.0. The predicted octanol–water partition coefficient (Wildman–Crippen LogP) is 3.11. The van der Waals surface area contributed by atoms with Gasteiger partial charge in [0.1, 0.15) is 17.2 Å². The first kappa shape index (κ1) is 18.6. The van der Waals surface area contributed by atoms with E-state index in [1.807, 2.05) is 0 Å². The van der Waals surface area contributed by atoms with Crippen LogP contribution in [-0.4, -0.2) is 25.0 Å². The molecule has 0 amide bonds. The Morgan fingerprint density at radius 1 is 1.38 bits per heavy atom. The van der Waals surface area contributed by atoms with E-state index in [1.165, 1.54) is 0 Å². The highest BCUT2D eigenvalue weighted by Gasteiger charge is 2.44. The zero-order chi connectivity index (χ0) is 18.3. The van der Waals surface area contributed by atoms with Crippen LogP contribution in [0, 0.1) is 11.6 Å². The second kappa shape index (κ2) is 6.29. The number of nitrogens with zero attached hydrogens (tertiary/aromatic N) is 1. The predicted molar refractivity (Wildman–Crippen MR) is 82.0 cm³/mol. The van der Waals surface area contributed by atoms with E-state index in [-0.39, 0.29) is 11.4 Å². The van der Waals surface area contributed by atoms with Gasteiger partial charge in [-0.3, -0.25) is 4.79 Å². The van der Waals surface area contributed by atoms with Crippen LogP contribution >= 0.6 is 11.6 Å². The highest BCUT2D eigenvalue weighted by molar-refractivity contribution is 8.06. The lowest BCUT2D eigenvalue weighted by Crippen LogP contribution is -2.29. The van der Waals surface area contributed by atoms with E-state index in [9.17, 15) is 22.0 Å². The maximum absolute atomic E-state index is 14.1. The van der Waals surface area contributed by atoms with E-state index in [4.69, 9.17) is 21.2 Å². The number of rotatable bonds is 3. The third-order valence-corrected chi connectivity index (χ3v) is 5.12. The lowest BCUT2D eigenvalue weighted by molar-refractivity contribution is -0.143. The Morgan fingerprint density at radius 3 is 2.33 bits per heavy atom. The van der Waals surface area contributed by atoms with Gasteiger partial charge in [0.25, 0.3) is 0 Å². The Morgan fingerprint density at radius 2 is 1.92 bits per heavy atom. The molecule has 1 heterocycles. The van der Waals surface area contributed by atoms with Gasteiger partial charge >= 0.3 is 5.97 Å². The van der Waals surface area contributed by atoms with Crippen LogP contribution in [0.4, 0.5) is 8.78 Å². The Labute approximate surface area is 142 Å². The molecule has 6 nitrogen and oxygen atoms in total. The van der Waals surface area contributed by atoms with Crippen LogP contribution in [0.3, 0.4) is 0 Å². The summed E-state index contributed by atoms with van der Waals surface area (Å²) in [5.41, 5.74) is -4.08. The van der Waals surface area contributed by atoms with E-state index < -0.39 is 49.1 Å². The van der Waals surface area contributed by atoms with Crippen molar-refractivity contribution in [1.82, 2.24) is 0 Å². The molecule has 2 rings (SSSR count). The van der Waals surface area contributed by atoms with Crippen LogP contribution < -0.4 is 0 Å². The van der Waals surface area contributed by atoms with E-state index in [1.54, 1.807) is 13.8 Å². The number of hydrogen-bond acceptors (Lipinski definition) is 6. The molecule has 1 aromatic carbocycles. The summed E-state index contributed by atoms with van der Waals surface area (Å²) in [6, 6.07) is 1.45. The van der Waals surface area contributed by atoms with Gasteiger partial charge in [0.05, 0.1) is 5.56 Å². The van der Waals surface area contributed by atoms with Crippen molar-refractivity contribution in [2.75, 3.05) is 0 Å². The van der Waals surface area contributed by atoms with Gasteiger partial charge in [-0.05, 0) is 26.0 Å². The molecular weight excluding hydrogens is 368 g/mol. The van der Waals surface area contributed by atoms with Crippen LogP contribution in [0.1, 0.15) is 38.2 Å². The zero-order valence-corrected chi connectivity index (χ0v) is 14.5. The summed E-state index contributed by atoms with van der Waals surface area (Å²) in [6.07, 6.45) is -0.135. The number of carbonyl (C=O) groups excluding carboxylic acids is 1.